The second-order valence-corrected chi connectivity index (χ2v) is 4.92. The number of nitrogens with zero attached hydrogens (tertiary/aromatic N) is 1. The number of benzene rings is 1. The van der Waals surface area contributed by atoms with Crippen molar-refractivity contribution in [1.29, 1.82) is 0 Å². The predicted molar refractivity (Wildman–Crippen MR) is 81.4 cm³/mol. The zero-order chi connectivity index (χ0) is 15.2. The fourth-order valence-electron chi connectivity index (χ4n) is 2.14. The lowest BCUT2D eigenvalue weighted by Gasteiger charge is -2.13. The van der Waals surface area contributed by atoms with Gasteiger partial charge in [0, 0.05) is 32.1 Å². The molecule has 2 aromatic rings. The van der Waals surface area contributed by atoms with E-state index in [-0.39, 0.29) is 16.7 Å². The van der Waals surface area contributed by atoms with E-state index in [1.165, 1.54) is 0 Å². The summed E-state index contributed by atoms with van der Waals surface area (Å²) in [6, 6.07) is 9.22. The van der Waals surface area contributed by atoms with Gasteiger partial charge in [-0.25, -0.2) is 0 Å². The van der Waals surface area contributed by atoms with Crippen LogP contribution < -0.4 is 10.6 Å². The second kappa shape index (κ2) is 6.90. The smallest absolute Gasteiger partial charge is 0.292 e. The fourth-order valence-corrected chi connectivity index (χ4v) is 2.14. The minimum Gasteiger partial charge on any atom is -0.469 e. The molecule has 0 aliphatic heterocycles. The van der Waals surface area contributed by atoms with Crippen molar-refractivity contribution < 1.29 is 9.34 Å². The Balaban J connectivity index is 1.96. The van der Waals surface area contributed by atoms with Crippen molar-refractivity contribution in [2.24, 2.45) is 0 Å². The number of hydrogen-bond acceptors (Lipinski definition) is 5. The lowest BCUT2D eigenvalue weighted by atomic mass is 10.1. The first kappa shape index (κ1) is 15.1. The molecule has 6 heteroatoms. The Morgan fingerprint density at radius 3 is 2.81 bits per heavy atom. The summed E-state index contributed by atoms with van der Waals surface area (Å²) in [7, 11) is 1.67. The van der Waals surface area contributed by atoms with E-state index in [0.29, 0.717) is 12.2 Å². The average molecular weight is 289 g/mol. The highest BCUT2D eigenvalue weighted by Crippen LogP contribution is 2.25. The van der Waals surface area contributed by atoms with Crippen molar-refractivity contribution in [3.63, 3.8) is 0 Å². The fraction of sp³-hybridized carbons (Fsp3) is 0.333. The molecule has 0 spiro atoms. The van der Waals surface area contributed by atoms with Gasteiger partial charge in [-0.1, -0.05) is 6.07 Å². The summed E-state index contributed by atoms with van der Waals surface area (Å²) in [6.45, 7) is 2.63. The maximum atomic E-state index is 11.0. The highest BCUT2D eigenvalue weighted by atomic mass is 16.6. The first-order valence-electron chi connectivity index (χ1n) is 6.81. The molecule has 21 heavy (non-hydrogen) atoms. The third-order valence-electron chi connectivity index (χ3n) is 3.27. The van der Waals surface area contributed by atoms with E-state index < -0.39 is 0 Å². The topological polar surface area (TPSA) is 80.3 Å². The largest absolute Gasteiger partial charge is 0.469 e. The molecule has 1 atom stereocenters. The summed E-state index contributed by atoms with van der Waals surface area (Å²) in [5, 5.41) is 17.2. The van der Waals surface area contributed by atoms with Gasteiger partial charge in [-0.2, -0.15) is 0 Å². The molecule has 0 aliphatic rings. The van der Waals surface area contributed by atoms with Gasteiger partial charge in [0.2, 0.25) is 0 Å². The lowest BCUT2D eigenvalue weighted by molar-refractivity contribution is -0.384. The Hall–Kier alpha value is -2.34. The van der Waals surface area contributed by atoms with Crippen LogP contribution in [0.25, 0.3) is 0 Å². The molecule has 6 nitrogen and oxygen atoms in total. The number of nitro benzene ring substituents is 1. The zero-order valence-electron chi connectivity index (χ0n) is 12.1. The first-order valence-corrected chi connectivity index (χ1v) is 6.81. The number of rotatable bonds is 7. The minimum atomic E-state index is -0.373. The van der Waals surface area contributed by atoms with Crippen LogP contribution in [0, 0.1) is 10.1 Å². The van der Waals surface area contributed by atoms with Crippen LogP contribution in [-0.2, 0) is 13.0 Å². The van der Waals surface area contributed by atoms with E-state index >= 15 is 0 Å². The normalized spacial score (nSPS) is 12.1. The summed E-state index contributed by atoms with van der Waals surface area (Å²) in [6.07, 6.45) is 2.44. The van der Waals surface area contributed by atoms with Crippen LogP contribution in [0.3, 0.4) is 0 Å². The Morgan fingerprint density at radius 2 is 2.19 bits per heavy atom. The molecule has 0 bridgehead atoms. The number of furan rings is 1. The maximum Gasteiger partial charge on any atom is 0.292 e. The molecule has 0 amide bonds. The van der Waals surface area contributed by atoms with E-state index in [4.69, 9.17) is 4.42 Å². The van der Waals surface area contributed by atoms with Gasteiger partial charge in [0.05, 0.1) is 11.2 Å². The molecular weight excluding hydrogens is 270 g/mol. The molecule has 1 aromatic carbocycles. The van der Waals surface area contributed by atoms with Crippen LogP contribution >= 0.6 is 0 Å². The number of hydrogen-bond donors (Lipinski definition) is 2. The van der Waals surface area contributed by atoms with Gasteiger partial charge in [-0.3, -0.25) is 10.1 Å². The molecule has 2 rings (SSSR count). The van der Waals surface area contributed by atoms with Crippen molar-refractivity contribution in [3.05, 3.63) is 58.0 Å². The van der Waals surface area contributed by atoms with Crippen molar-refractivity contribution in [2.45, 2.75) is 25.9 Å². The van der Waals surface area contributed by atoms with Crippen LogP contribution in [0.1, 0.15) is 18.2 Å². The van der Waals surface area contributed by atoms with Gasteiger partial charge in [0.1, 0.15) is 11.4 Å². The van der Waals surface area contributed by atoms with E-state index in [1.54, 1.807) is 25.4 Å². The third-order valence-corrected chi connectivity index (χ3v) is 3.27. The molecule has 0 saturated heterocycles. The van der Waals surface area contributed by atoms with E-state index in [9.17, 15) is 10.1 Å². The van der Waals surface area contributed by atoms with Gasteiger partial charge in [0.15, 0.2) is 0 Å². The van der Waals surface area contributed by atoms with Crippen LogP contribution in [0.2, 0.25) is 0 Å². The lowest BCUT2D eigenvalue weighted by Crippen LogP contribution is -2.27. The summed E-state index contributed by atoms with van der Waals surface area (Å²) in [5.74, 6) is 0.923. The SMILES string of the molecule is CNc1ccc(CN[C@@H](C)Cc2ccco2)cc1[N+](=O)[O-]. The Bertz CT molecular complexity index is 596. The van der Waals surface area contributed by atoms with Gasteiger partial charge in [0.25, 0.3) is 5.69 Å². The molecule has 0 unspecified atom stereocenters. The Morgan fingerprint density at radius 1 is 1.38 bits per heavy atom. The van der Waals surface area contributed by atoms with Gasteiger partial charge < -0.3 is 15.1 Å². The molecule has 0 saturated carbocycles. The van der Waals surface area contributed by atoms with Gasteiger partial charge in [-0.05, 0) is 30.7 Å². The van der Waals surface area contributed by atoms with Gasteiger partial charge >= 0.3 is 0 Å². The molecule has 1 aromatic heterocycles. The van der Waals surface area contributed by atoms with Crippen LogP contribution in [0.4, 0.5) is 11.4 Å². The minimum absolute atomic E-state index is 0.0930. The summed E-state index contributed by atoms with van der Waals surface area (Å²) in [5.41, 5.74) is 1.50. The molecule has 112 valence electrons. The zero-order valence-corrected chi connectivity index (χ0v) is 12.1. The van der Waals surface area contributed by atoms with Gasteiger partial charge in [-0.15, -0.1) is 0 Å². The van der Waals surface area contributed by atoms with E-state index in [1.807, 2.05) is 18.2 Å². The summed E-state index contributed by atoms with van der Waals surface area (Å²) < 4.78 is 5.30. The predicted octanol–water partition coefficient (Wildman–Crippen LogP) is 2.95. The standard InChI is InChI=1S/C15H19N3O3/c1-11(8-13-4-3-7-21-13)17-10-12-5-6-14(16-2)15(9-12)18(19)20/h3-7,9,11,16-17H,8,10H2,1-2H3/t11-/m0/s1. The van der Waals surface area contributed by atoms with E-state index in [0.717, 1.165) is 17.7 Å². The first-order chi connectivity index (χ1) is 10.1. The molecular formula is C15H19N3O3. The van der Waals surface area contributed by atoms with E-state index in [2.05, 4.69) is 17.6 Å². The van der Waals surface area contributed by atoms with Crippen LogP contribution in [-0.4, -0.2) is 18.0 Å². The maximum absolute atomic E-state index is 11.0. The highest BCUT2D eigenvalue weighted by Gasteiger charge is 2.13. The molecule has 1 heterocycles. The number of anilines is 1. The van der Waals surface area contributed by atoms with Crippen molar-refractivity contribution in [3.8, 4) is 0 Å². The van der Waals surface area contributed by atoms with Crippen molar-refractivity contribution in [2.75, 3.05) is 12.4 Å². The second-order valence-electron chi connectivity index (χ2n) is 4.92. The Labute approximate surface area is 123 Å². The molecule has 0 aliphatic carbocycles. The van der Waals surface area contributed by atoms with Crippen LogP contribution in [0.15, 0.2) is 41.0 Å². The molecule has 0 radical (unpaired) electrons. The third kappa shape index (κ3) is 4.06. The monoisotopic (exact) mass is 289 g/mol. The highest BCUT2D eigenvalue weighted by molar-refractivity contribution is 5.62. The average Bonchev–Trinajstić information content (AvgIpc) is 2.97. The van der Waals surface area contributed by atoms with Crippen molar-refractivity contribution >= 4 is 11.4 Å². The Kier molecular flexibility index (Phi) is 4.94. The van der Waals surface area contributed by atoms with Crippen LogP contribution in [0.5, 0.6) is 0 Å². The summed E-state index contributed by atoms with van der Waals surface area (Å²) in [4.78, 5) is 10.6. The molecule has 2 N–H and O–H groups in total. The van der Waals surface area contributed by atoms with Crippen molar-refractivity contribution in [1.82, 2.24) is 5.32 Å². The summed E-state index contributed by atoms with van der Waals surface area (Å²) >= 11 is 0. The quantitative estimate of drug-likeness (QED) is 0.605. The molecule has 0 fully saturated rings. The number of nitro groups is 1. The number of nitrogens with one attached hydrogen (secondary N) is 2.